The van der Waals surface area contributed by atoms with E-state index in [1.807, 2.05) is 11.0 Å². The summed E-state index contributed by atoms with van der Waals surface area (Å²) in [7, 11) is 1.54. The molecule has 2 fully saturated rings. The fourth-order valence-electron chi connectivity index (χ4n) is 4.79. The fraction of sp³-hybridized carbons (Fsp3) is 0.500. The van der Waals surface area contributed by atoms with Crippen molar-refractivity contribution < 1.29 is 23.0 Å². The number of rotatable bonds is 5. The molecule has 1 N–H and O–H groups in total. The molecule has 0 saturated carbocycles. The molecule has 0 aliphatic carbocycles. The van der Waals surface area contributed by atoms with Gasteiger partial charge in [0.2, 0.25) is 0 Å². The number of alkyl halides is 3. The number of phenolic OH excluding ortho intramolecular Hbond substituents is 1. The second-order valence-electron chi connectivity index (χ2n) is 8.61. The summed E-state index contributed by atoms with van der Waals surface area (Å²) in [6.07, 6.45) is -2.07. The van der Waals surface area contributed by atoms with Crippen LogP contribution in [-0.2, 0) is 12.7 Å². The molecule has 0 spiro atoms. The van der Waals surface area contributed by atoms with E-state index in [1.165, 1.54) is 19.2 Å². The van der Waals surface area contributed by atoms with Gasteiger partial charge in [-0.05, 0) is 55.3 Å². The van der Waals surface area contributed by atoms with E-state index in [-0.39, 0.29) is 5.75 Å². The third-order valence-electron chi connectivity index (χ3n) is 6.50. The third kappa shape index (κ3) is 5.30. The van der Waals surface area contributed by atoms with Gasteiger partial charge in [-0.3, -0.25) is 9.80 Å². The first-order valence-corrected chi connectivity index (χ1v) is 11.1. The number of likely N-dealkylation sites (tertiary alicyclic amines) is 1. The molecule has 2 aliphatic rings. The Kier molecular flexibility index (Phi) is 6.81. The molecular weight excluding hydrogens is 419 g/mol. The number of piperazine rings is 1. The molecule has 2 aromatic rings. The highest BCUT2D eigenvalue weighted by atomic mass is 19.4. The Morgan fingerprint density at radius 3 is 2.50 bits per heavy atom. The number of benzene rings is 2. The number of piperidine rings is 1. The predicted octanol–water partition coefficient (Wildman–Crippen LogP) is 4.21. The molecule has 8 heteroatoms. The lowest BCUT2D eigenvalue weighted by atomic mass is 10.0. The molecule has 4 rings (SSSR count). The summed E-state index contributed by atoms with van der Waals surface area (Å²) in [6.45, 7) is 5.90. The second-order valence-corrected chi connectivity index (χ2v) is 8.61. The van der Waals surface area contributed by atoms with Crippen molar-refractivity contribution in [1.82, 2.24) is 9.80 Å². The van der Waals surface area contributed by atoms with Crippen molar-refractivity contribution >= 4 is 5.69 Å². The molecule has 174 valence electrons. The Morgan fingerprint density at radius 2 is 1.81 bits per heavy atom. The molecule has 2 aromatic carbocycles. The van der Waals surface area contributed by atoms with E-state index in [0.717, 1.165) is 70.3 Å². The van der Waals surface area contributed by atoms with E-state index in [4.69, 9.17) is 4.74 Å². The number of anilines is 1. The zero-order valence-corrected chi connectivity index (χ0v) is 18.3. The lowest BCUT2D eigenvalue weighted by Gasteiger charge is -2.44. The minimum atomic E-state index is -4.32. The first-order chi connectivity index (χ1) is 15.3. The van der Waals surface area contributed by atoms with Gasteiger partial charge in [0.05, 0.1) is 12.7 Å². The number of methoxy groups -OCH3 is 1. The summed E-state index contributed by atoms with van der Waals surface area (Å²) in [5.41, 5.74) is 1.10. The van der Waals surface area contributed by atoms with Crippen LogP contribution in [0.3, 0.4) is 0 Å². The molecule has 32 heavy (non-hydrogen) atoms. The SMILES string of the molecule is COc1ccc(CN2CCC[C@H](N3CCN(c4cccc(C(F)(F)F)c4)CC3)C2)cc1O. The van der Waals surface area contributed by atoms with Gasteiger partial charge in [-0.15, -0.1) is 0 Å². The highest BCUT2D eigenvalue weighted by Crippen LogP contribution is 2.32. The minimum Gasteiger partial charge on any atom is -0.504 e. The minimum absolute atomic E-state index is 0.157. The first-order valence-electron chi connectivity index (χ1n) is 11.1. The van der Waals surface area contributed by atoms with Gasteiger partial charge < -0.3 is 14.7 Å². The Balaban J connectivity index is 1.32. The van der Waals surface area contributed by atoms with Crippen LogP contribution in [0.4, 0.5) is 18.9 Å². The molecular formula is C24H30F3N3O2. The van der Waals surface area contributed by atoms with Crippen molar-refractivity contribution in [2.45, 2.75) is 31.6 Å². The van der Waals surface area contributed by atoms with Crippen molar-refractivity contribution in [1.29, 1.82) is 0 Å². The molecule has 2 saturated heterocycles. The van der Waals surface area contributed by atoms with E-state index < -0.39 is 11.7 Å². The molecule has 5 nitrogen and oxygen atoms in total. The van der Waals surface area contributed by atoms with E-state index >= 15 is 0 Å². The first kappa shape index (κ1) is 22.7. The van der Waals surface area contributed by atoms with Crippen LogP contribution in [0.15, 0.2) is 42.5 Å². The molecule has 0 unspecified atom stereocenters. The second kappa shape index (κ2) is 9.58. The summed E-state index contributed by atoms with van der Waals surface area (Å²) in [5, 5.41) is 10.0. The monoisotopic (exact) mass is 449 g/mol. The van der Waals surface area contributed by atoms with Gasteiger partial charge in [-0.25, -0.2) is 0 Å². The standard InChI is InChI=1S/C24H30F3N3O2/c1-32-23-8-7-18(14-22(23)31)16-28-9-3-6-21(17-28)30-12-10-29(11-13-30)20-5-2-4-19(15-20)24(25,26)27/h2,4-5,7-8,14-15,21,31H,3,6,9-13,16-17H2,1H3/t21-/m0/s1. The molecule has 0 amide bonds. The average molecular weight is 450 g/mol. The van der Waals surface area contributed by atoms with Gasteiger partial charge in [0.25, 0.3) is 0 Å². The smallest absolute Gasteiger partial charge is 0.416 e. The van der Waals surface area contributed by atoms with Gasteiger partial charge in [0, 0.05) is 51.0 Å². The topological polar surface area (TPSA) is 39.2 Å². The average Bonchev–Trinajstić information content (AvgIpc) is 2.79. The number of phenols is 1. The van der Waals surface area contributed by atoms with E-state index in [9.17, 15) is 18.3 Å². The molecule has 0 bridgehead atoms. The maximum Gasteiger partial charge on any atom is 0.416 e. The maximum absolute atomic E-state index is 13.0. The highest BCUT2D eigenvalue weighted by Gasteiger charge is 2.32. The van der Waals surface area contributed by atoms with E-state index in [0.29, 0.717) is 17.5 Å². The van der Waals surface area contributed by atoms with Crippen LogP contribution in [0.5, 0.6) is 11.5 Å². The molecule has 1 atom stereocenters. The van der Waals surface area contributed by atoms with Crippen molar-refractivity contribution in [3.05, 3.63) is 53.6 Å². The van der Waals surface area contributed by atoms with Gasteiger partial charge in [0.1, 0.15) is 0 Å². The maximum atomic E-state index is 13.0. The predicted molar refractivity (Wildman–Crippen MR) is 118 cm³/mol. The van der Waals surface area contributed by atoms with Crippen molar-refractivity contribution in [2.75, 3.05) is 51.3 Å². The lowest BCUT2D eigenvalue weighted by Crippen LogP contribution is -2.55. The van der Waals surface area contributed by atoms with Crippen LogP contribution >= 0.6 is 0 Å². The van der Waals surface area contributed by atoms with Gasteiger partial charge in [0.15, 0.2) is 11.5 Å². The van der Waals surface area contributed by atoms with Crippen LogP contribution in [0, 0.1) is 0 Å². The van der Waals surface area contributed by atoms with Gasteiger partial charge >= 0.3 is 6.18 Å². The van der Waals surface area contributed by atoms with E-state index in [2.05, 4.69) is 9.80 Å². The summed E-state index contributed by atoms with van der Waals surface area (Å²) < 4.78 is 44.2. The zero-order valence-electron chi connectivity index (χ0n) is 18.3. The van der Waals surface area contributed by atoms with Crippen LogP contribution in [-0.4, -0.2) is 67.3 Å². The lowest BCUT2D eigenvalue weighted by molar-refractivity contribution is -0.137. The molecule has 0 radical (unpaired) electrons. The van der Waals surface area contributed by atoms with Crippen LogP contribution < -0.4 is 9.64 Å². The Morgan fingerprint density at radius 1 is 1.03 bits per heavy atom. The summed E-state index contributed by atoms with van der Waals surface area (Å²) in [4.78, 5) is 6.93. The Hall–Kier alpha value is -2.45. The van der Waals surface area contributed by atoms with Crippen LogP contribution in [0.2, 0.25) is 0 Å². The summed E-state index contributed by atoms with van der Waals surface area (Å²) >= 11 is 0. The van der Waals surface area contributed by atoms with Crippen LogP contribution in [0.1, 0.15) is 24.0 Å². The highest BCUT2D eigenvalue weighted by molar-refractivity contribution is 5.49. The van der Waals surface area contributed by atoms with E-state index in [1.54, 1.807) is 18.2 Å². The fourth-order valence-corrected chi connectivity index (χ4v) is 4.79. The Labute approximate surface area is 187 Å². The number of ether oxygens (including phenoxy) is 1. The molecule has 0 aromatic heterocycles. The van der Waals surface area contributed by atoms with Gasteiger partial charge in [-0.2, -0.15) is 13.2 Å². The van der Waals surface area contributed by atoms with Crippen LogP contribution in [0.25, 0.3) is 0 Å². The number of aromatic hydroxyl groups is 1. The third-order valence-corrected chi connectivity index (χ3v) is 6.50. The van der Waals surface area contributed by atoms with Crippen molar-refractivity contribution in [3.8, 4) is 11.5 Å². The number of hydrogen-bond acceptors (Lipinski definition) is 5. The zero-order chi connectivity index (χ0) is 22.7. The summed E-state index contributed by atoms with van der Waals surface area (Å²) in [5.74, 6) is 0.633. The number of hydrogen-bond donors (Lipinski definition) is 1. The molecule has 2 heterocycles. The summed E-state index contributed by atoms with van der Waals surface area (Å²) in [6, 6.07) is 11.6. The van der Waals surface area contributed by atoms with Gasteiger partial charge in [-0.1, -0.05) is 12.1 Å². The van der Waals surface area contributed by atoms with Crippen molar-refractivity contribution in [3.63, 3.8) is 0 Å². The quantitative estimate of drug-likeness (QED) is 0.741. The van der Waals surface area contributed by atoms with Crippen molar-refractivity contribution in [2.24, 2.45) is 0 Å². The normalized spacial score (nSPS) is 21.0. The largest absolute Gasteiger partial charge is 0.504 e. The Bertz CT molecular complexity index is 914. The number of nitrogens with zero attached hydrogens (tertiary/aromatic N) is 3. The molecule has 2 aliphatic heterocycles. The number of halogens is 3.